The molecule has 0 aromatic heterocycles. The number of hydrogen-bond donors (Lipinski definition) is 2. The normalized spacial score (nSPS) is 57.2. The minimum absolute atomic E-state index is 0.0211. The highest BCUT2D eigenvalue weighted by molar-refractivity contribution is 5.00. The first-order chi connectivity index (χ1) is 5.86. The van der Waals surface area contributed by atoms with Crippen molar-refractivity contribution in [1.29, 1.82) is 0 Å². The molecular formula is C10H17NO. The van der Waals surface area contributed by atoms with Crippen LogP contribution in [-0.4, -0.2) is 24.3 Å². The van der Waals surface area contributed by atoms with E-state index in [0.29, 0.717) is 11.8 Å². The van der Waals surface area contributed by atoms with Crippen molar-refractivity contribution in [3.8, 4) is 0 Å². The van der Waals surface area contributed by atoms with Gasteiger partial charge in [-0.1, -0.05) is 0 Å². The lowest BCUT2D eigenvalue weighted by atomic mass is 9.56. The van der Waals surface area contributed by atoms with Crippen molar-refractivity contribution in [3.05, 3.63) is 0 Å². The van der Waals surface area contributed by atoms with Gasteiger partial charge in [0.15, 0.2) is 0 Å². The van der Waals surface area contributed by atoms with Crippen LogP contribution < -0.4 is 5.32 Å². The zero-order valence-corrected chi connectivity index (χ0v) is 7.37. The molecule has 5 atom stereocenters. The molecule has 5 unspecified atom stereocenters. The fourth-order valence-electron chi connectivity index (χ4n) is 3.74. The number of nitrogens with one attached hydrogen (secondary N) is 1. The van der Waals surface area contributed by atoms with Gasteiger partial charge in [0.05, 0.1) is 6.10 Å². The molecule has 4 rings (SSSR count). The fourth-order valence-corrected chi connectivity index (χ4v) is 3.74. The zero-order chi connectivity index (χ0) is 8.13. The molecule has 12 heavy (non-hydrogen) atoms. The van der Waals surface area contributed by atoms with Crippen LogP contribution in [0.4, 0.5) is 0 Å². The second-order valence-corrected chi connectivity index (χ2v) is 4.81. The third-order valence-corrected chi connectivity index (χ3v) is 4.34. The number of hydrogen-bond acceptors (Lipinski definition) is 2. The van der Waals surface area contributed by atoms with Gasteiger partial charge < -0.3 is 10.4 Å². The molecule has 0 radical (unpaired) electrons. The van der Waals surface area contributed by atoms with Crippen molar-refractivity contribution in [2.45, 2.75) is 25.4 Å². The maximum Gasteiger partial charge on any atom is 0.0611 e. The average Bonchev–Trinajstić information content (AvgIpc) is 2.13. The Kier molecular flexibility index (Phi) is 1.50. The maximum absolute atomic E-state index is 9.97. The van der Waals surface area contributed by atoms with Gasteiger partial charge in [0.2, 0.25) is 0 Å². The first kappa shape index (κ1) is 7.34. The summed E-state index contributed by atoms with van der Waals surface area (Å²) in [5, 5.41) is 13.4. The Morgan fingerprint density at radius 1 is 1.00 bits per heavy atom. The third kappa shape index (κ3) is 0.826. The highest BCUT2D eigenvalue weighted by Crippen LogP contribution is 2.49. The molecule has 0 aromatic rings. The first-order valence-corrected chi connectivity index (χ1v) is 5.25. The predicted molar refractivity (Wildman–Crippen MR) is 46.7 cm³/mol. The molecule has 0 amide bonds. The van der Waals surface area contributed by atoms with Gasteiger partial charge in [-0.15, -0.1) is 0 Å². The Bertz CT molecular complexity index is 186. The number of fused-ring (bicyclic) bond motifs is 1. The van der Waals surface area contributed by atoms with Gasteiger partial charge in [-0.3, -0.25) is 0 Å². The van der Waals surface area contributed by atoms with Crippen molar-refractivity contribution >= 4 is 0 Å². The van der Waals surface area contributed by atoms with Crippen LogP contribution in [0.5, 0.6) is 0 Å². The van der Waals surface area contributed by atoms with Crippen LogP contribution in [0.15, 0.2) is 0 Å². The van der Waals surface area contributed by atoms with Crippen molar-refractivity contribution in [2.24, 2.45) is 23.7 Å². The van der Waals surface area contributed by atoms with Gasteiger partial charge in [0, 0.05) is 12.5 Å². The summed E-state index contributed by atoms with van der Waals surface area (Å²) in [6.07, 6.45) is 3.99. The minimum Gasteiger partial charge on any atom is -0.392 e. The van der Waals surface area contributed by atoms with Crippen LogP contribution in [0.3, 0.4) is 0 Å². The quantitative estimate of drug-likeness (QED) is 0.554. The summed E-state index contributed by atoms with van der Waals surface area (Å²) < 4.78 is 0. The van der Waals surface area contributed by atoms with Gasteiger partial charge in [0.1, 0.15) is 0 Å². The van der Waals surface area contributed by atoms with Crippen LogP contribution in [0.2, 0.25) is 0 Å². The lowest BCUT2D eigenvalue weighted by Crippen LogP contribution is -2.57. The molecule has 1 aliphatic heterocycles. The number of aliphatic hydroxyl groups excluding tert-OH is 1. The Morgan fingerprint density at radius 3 is 2.75 bits per heavy atom. The van der Waals surface area contributed by atoms with Crippen molar-refractivity contribution in [2.75, 3.05) is 13.1 Å². The molecule has 2 nitrogen and oxygen atoms in total. The second kappa shape index (κ2) is 2.46. The fraction of sp³-hybridized carbons (Fsp3) is 1.00. The van der Waals surface area contributed by atoms with Crippen LogP contribution in [0.25, 0.3) is 0 Å². The molecule has 4 fully saturated rings. The van der Waals surface area contributed by atoms with E-state index in [1.807, 2.05) is 0 Å². The van der Waals surface area contributed by atoms with E-state index in [0.717, 1.165) is 18.4 Å². The van der Waals surface area contributed by atoms with E-state index in [2.05, 4.69) is 5.32 Å². The Balaban J connectivity index is 1.91. The lowest BCUT2D eigenvalue weighted by Gasteiger charge is -2.53. The van der Waals surface area contributed by atoms with Gasteiger partial charge in [0.25, 0.3) is 0 Å². The second-order valence-electron chi connectivity index (χ2n) is 4.81. The average molecular weight is 167 g/mol. The van der Waals surface area contributed by atoms with E-state index in [-0.39, 0.29) is 6.10 Å². The van der Waals surface area contributed by atoms with Crippen LogP contribution in [-0.2, 0) is 0 Å². The van der Waals surface area contributed by atoms with Crippen molar-refractivity contribution in [3.63, 3.8) is 0 Å². The van der Waals surface area contributed by atoms with Crippen LogP contribution in [0.1, 0.15) is 19.3 Å². The zero-order valence-electron chi connectivity index (χ0n) is 7.37. The highest BCUT2D eigenvalue weighted by Gasteiger charge is 2.49. The maximum atomic E-state index is 9.97. The molecule has 4 bridgehead atoms. The van der Waals surface area contributed by atoms with E-state index >= 15 is 0 Å². The summed E-state index contributed by atoms with van der Waals surface area (Å²) >= 11 is 0. The molecule has 1 heterocycles. The molecule has 2 N–H and O–H groups in total. The van der Waals surface area contributed by atoms with Crippen molar-refractivity contribution < 1.29 is 5.11 Å². The molecule has 0 aromatic carbocycles. The number of piperidine rings is 1. The Morgan fingerprint density at radius 2 is 1.92 bits per heavy atom. The minimum atomic E-state index is 0.0211. The van der Waals surface area contributed by atoms with E-state index in [9.17, 15) is 5.11 Å². The third-order valence-electron chi connectivity index (χ3n) is 4.34. The Hall–Kier alpha value is -0.0800. The van der Waals surface area contributed by atoms with Crippen LogP contribution in [0, 0.1) is 23.7 Å². The summed E-state index contributed by atoms with van der Waals surface area (Å²) in [6, 6.07) is 0. The summed E-state index contributed by atoms with van der Waals surface area (Å²) in [6.45, 7) is 2.28. The van der Waals surface area contributed by atoms with Crippen LogP contribution >= 0.6 is 0 Å². The largest absolute Gasteiger partial charge is 0.392 e. The SMILES string of the molecule is OC1C2CCC3C(CNCC13)C2. The predicted octanol–water partition coefficient (Wildman–Crippen LogP) is 0.613. The van der Waals surface area contributed by atoms with E-state index in [4.69, 9.17) is 0 Å². The monoisotopic (exact) mass is 167 g/mol. The summed E-state index contributed by atoms with van der Waals surface area (Å²) in [5.41, 5.74) is 0. The summed E-state index contributed by atoms with van der Waals surface area (Å²) in [4.78, 5) is 0. The smallest absolute Gasteiger partial charge is 0.0611 e. The first-order valence-electron chi connectivity index (χ1n) is 5.25. The number of aliphatic hydroxyl groups is 1. The Labute approximate surface area is 73.4 Å². The molecule has 68 valence electrons. The number of rotatable bonds is 0. The standard InChI is InChI=1S/C10H17NO/c12-10-6-1-2-8-7(3-6)4-11-5-9(8)10/h6-12H,1-5H2. The van der Waals surface area contributed by atoms with E-state index in [1.165, 1.54) is 25.8 Å². The highest BCUT2D eigenvalue weighted by atomic mass is 16.3. The van der Waals surface area contributed by atoms with E-state index in [1.54, 1.807) is 0 Å². The molecule has 2 heteroatoms. The molecular weight excluding hydrogens is 150 g/mol. The molecule has 4 aliphatic rings. The van der Waals surface area contributed by atoms with Gasteiger partial charge >= 0.3 is 0 Å². The summed E-state index contributed by atoms with van der Waals surface area (Å²) in [7, 11) is 0. The van der Waals surface area contributed by atoms with Gasteiger partial charge in [-0.2, -0.15) is 0 Å². The molecule has 3 aliphatic carbocycles. The molecule has 0 spiro atoms. The summed E-state index contributed by atoms with van der Waals surface area (Å²) in [5.74, 6) is 2.99. The topological polar surface area (TPSA) is 32.3 Å². The molecule has 1 saturated heterocycles. The lowest BCUT2D eigenvalue weighted by molar-refractivity contribution is -0.0986. The van der Waals surface area contributed by atoms with Gasteiger partial charge in [-0.05, 0) is 43.6 Å². The van der Waals surface area contributed by atoms with E-state index < -0.39 is 0 Å². The molecule has 3 saturated carbocycles. The van der Waals surface area contributed by atoms with Crippen molar-refractivity contribution in [1.82, 2.24) is 5.32 Å². The van der Waals surface area contributed by atoms with Gasteiger partial charge in [-0.25, -0.2) is 0 Å².